The Kier molecular flexibility index (Phi) is 6.48. The van der Waals surface area contributed by atoms with Gasteiger partial charge in [0, 0.05) is 11.3 Å². The molecule has 1 saturated carbocycles. The van der Waals surface area contributed by atoms with E-state index in [1.807, 2.05) is 11.3 Å². The molecule has 0 aromatic carbocycles. The maximum absolute atomic E-state index is 5.16. The molecular weight excluding hydrogens is 394 g/mol. The molecule has 1 fully saturated rings. The van der Waals surface area contributed by atoms with Crippen LogP contribution in [0.25, 0.3) is 11.1 Å². The molecule has 4 aliphatic rings. The number of rotatable bonds is 5. The topological polar surface area (TPSA) is 12.9 Å². The van der Waals surface area contributed by atoms with Crippen LogP contribution in [0.15, 0.2) is 76.3 Å². The van der Waals surface area contributed by atoms with Crippen LogP contribution in [0.3, 0.4) is 0 Å². The van der Waals surface area contributed by atoms with Crippen molar-refractivity contribution in [3.63, 3.8) is 0 Å². The van der Waals surface area contributed by atoms with Gasteiger partial charge in [0.1, 0.15) is 5.01 Å². The summed E-state index contributed by atoms with van der Waals surface area (Å²) in [5, 5.41) is 3.50. The molecule has 1 aromatic rings. The van der Waals surface area contributed by atoms with E-state index >= 15 is 0 Å². The van der Waals surface area contributed by atoms with Crippen LogP contribution in [0.5, 0.6) is 0 Å². The molecule has 0 N–H and O–H groups in total. The molecule has 5 rings (SSSR count). The van der Waals surface area contributed by atoms with E-state index in [-0.39, 0.29) is 0 Å². The van der Waals surface area contributed by atoms with Crippen LogP contribution in [0.4, 0.5) is 0 Å². The minimum absolute atomic E-state index is 0.344. The molecule has 2 heteroatoms. The quantitative estimate of drug-likeness (QED) is 0.456. The summed E-state index contributed by atoms with van der Waals surface area (Å²) in [6.07, 6.45) is 18.7. The summed E-state index contributed by atoms with van der Waals surface area (Å²) in [5.74, 6) is 1.81. The lowest BCUT2D eigenvalue weighted by molar-refractivity contribution is 0.891. The van der Waals surface area contributed by atoms with Crippen LogP contribution < -0.4 is 0 Å². The molecule has 1 aromatic heterocycles. The second-order valence-electron chi connectivity index (χ2n) is 9.23. The second kappa shape index (κ2) is 9.12. The minimum Gasteiger partial charge on any atom is -0.237 e. The molecule has 0 amide bonds. The van der Waals surface area contributed by atoms with Crippen LogP contribution in [-0.2, 0) is 0 Å². The first kappa shape index (κ1) is 22.0. The fourth-order valence-electron chi connectivity index (χ4n) is 4.94. The van der Waals surface area contributed by atoms with Crippen molar-refractivity contribution in [3.8, 4) is 0 Å². The average Bonchev–Trinajstić information content (AvgIpc) is 3.11. The summed E-state index contributed by atoms with van der Waals surface area (Å²) in [7, 11) is 0. The number of aromatic nitrogens is 1. The average molecular weight is 430 g/mol. The number of hydrogen-bond acceptors (Lipinski definition) is 2. The Hall–Kier alpha value is -2.19. The molecule has 162 valence electrons. The van der Waals surface area contributed by atoms with Crippen LogP contribution in [0.2, 0.25) is 0 Å². The zero-order valence-corrected chi connectivity index (χ0v) is 20.5. The molecule has 1 nitrogen and oxygen atoms in total. The lowest BCUT2D eigenvalue weighted by atomic mass is 9.86. The molecule has 1 heterocycles. The third kappa shape index (κ3) is 4.28. The zero-order valence-electron chi connectivity index (χ0n) is 19.7. The van der Waals surface area contributed by atoms with Gasteiger partial charge in [-0.15, -0.1) is 11.3 Å². The van der Waals surface area contributed by atoms with Gasteiger partial charge in [-0.1, -0.05) is 86.4 Å². The van der Waals surface area contributed by atoms with Gasteiger partial charge in [0.15, 0.2) is 0 Å². The fourth-order valence-corrected chi connectivity index (χ4v) is 5.85. The normalized spacial score (nSPS) is 25.9. The number of nitrogens with zero attached hydrogens (tertiary/aromatic N) is 1. The highest BCUT2D eigenvalue weighted by Gasteiger charge is 2.42. The van der Waals surface area contributed by atoms with E-state index in [0.29, 0.717) is 11.8 Å². The fraction of sp³-hybridized carbons (Fsp3) is 0.414. The number of allylic oxidation sites excluding steroid dienone is 13. The van der Waals surface area contributed by atoms with E-state index < -0.39 is 0 Å². The highest BCUT2D eigenvalue weighted by molar-refractivity contribution is 7.10. The molecule has 0 bridgehead atoms. The van der Waals surface area contributed by atoms with Crippen LogP contribution in [-0.4, -0.2) is 4.98 Å². The Morgan fingerprint density at radius 1 is 1.19 bits per heavy atom. The van der Waals surface area contributed by atoms with Crippen molar-refractivity contribution >= 4 is 22.5 Å². The summed E-state index contributed by atoms with van der Waals surface area (Å²) < 4.78 is 0. The molecule has 0 spiro atoms. The molecule has 4 aliphatic carbocycles. The summed E-state index contributed by atoms with van der Waals surface area (Å²) in [6, 6.07) is 0. The van der Waals surface area contributed by atoms with E-state index in [1.165, 1.54) is 51.3 Å². The van der Waals surface area contributed by atoms with Gasteiger partial charge in [0.2, 0.25) is 0 Å². The van der Waals surface area contributed by atoms with E-state index in [1.54, 1.807) is 0 Å². The highest BCUT2D eigenvalue weighted by Crippen LogP contribution is 2.54. The molecule has 0 saturated heterocycles. The zero-order chi connectivity index (χ0) is 22.1. The monoisotopic (exact) mass is 429 g/mol. The standard InChI is InChI=1S/C26H27NS.C3H8/c1-5-17-10-19-12-21(19)22(11-17)26-27-24(14-28-26)23-13-20(15(2)3)16(4)25(23)18-8-6-7-9-18;1-3-2/h6-8,10-11,13-14,19,21,25H,2,5,9,12H2,1,3-4H3;3H2,1-2H3. The van der Waals surface area contributed by atoms with Crippen molar-refractivity contribution in [1.82, 2.24) is 4.98 Å². The lowest BCUT2D eigenvalue weighted by Crippen LogP contribution is -2.06. The molecule has 31 heavy (non-hydrogen) atoms. The molecule has 3 atom stereocenters. The van der Waals surface area contributed by atoms with Gasteiger partial charge < -0.3 is 0 Å². The SMILES string of the molecule is C=C(C)C1=C(C)C(C2=CC=CC2)C(c2csc(C3=CC(CC)=CC4CC34)n2)=C1.CCC. The number of thiazole rings is 1. The Morgan fingerprint density at radius 3 is 2.61 bits per heavy atom. The third-order valence-corrected chi connectivity index (χ3v) is 7.45. The molecule has 0 radical (unpaired) electrons. The summed E-state index contributed by atoms with van der Waals surface area (Å²) in [5.41, 5.74) is 10.8. The number of fused-ring (bicyclic) bond motifs is 1. The predicted molar refractivity (Wildman–Crippen MR) is 137 cm³/mol. The summed E-state index contributed by atoms with van der Waals surface area (Å²) in [4.78, 5) is 5.16. The van der Waals surface area contributed by atoms with Crippen molar-refractivity contribution in [2.75, 3.05) is 0 Å². The first-order chi connectivity index (χ1) is 15.0. The Labute approximate surface area is 192 Å². The van der Waals surface area contributed by atoms with Crippen molar-refractivity contribution in [1.29, 1.82) is 0 Å². The first-order valence-corrected chi connectivity index (χ1v) is 12.7. The molecule has 3 unspecified atom stereocenters. The van der Waals surface area contributed by atoms with Crippen molar-refractivity contribution in [3.05, 3.63) is 87.0 Å². The van der Waals surface area contributed by atoms with E-state index in [0.717, 1.165) is 30.0 Å². The van der Waals surface area contributed by atoms with Gasteiger partial charge in [-0.05, 0) is 67.7 Å². The van der Waals surface area contributed by atoms with Crippen molar-refractivity contribution in [2.45, 2.75) is 60.3 Å². The van der Waals surface area contributed by atoms with E-state index in [9.17, 15) is 0 Å². The summed E-state index contributed by atoms with van der Waals surface area (Å²) >= 11 is 1.82. The maximum atomic E-state index is 5.16. The van der Waals surface area contributed by atoms with Crippen LogP contribution in [0, 0.1) is 17.8 Å². The van der Waals surface area contributed by atoms with Crippen molar-refractivity contribution in [2.24, 2.45) is 17.8 Å². The van der Waals surface area contributed by atoms with Gasteiger partial charge in [0.05, 0.1) is 5.69 Å². The van der Waals surface area contributed by atoms with E-state index in [4.69, 9.17) is 4.98 Å². The summed E-state index contributed by atoms with van der Waals surface area (Å²) in [6.45, 7) is 15.1. The van der Waals surface area contributed by atoms with Gasteiger partial charge >= 0.3 is 0 Å². The lowest BCUT2D eigenvalue weighted by Gasteiger charge is -2.18. The van der Waals surface area contributed by atoms with Crippen LogP contribution in [0.1, 0.15) is 71.0 Å². The third-order valence-electron chi connectivity index (χ3n) is 6.56. The smallest absolute Gasteiger partial charge is 0.120 e. The van der Waals surface area contributed by atoms with Crippen molar-refractivity contribution < 1.29 is 0 Å². The minimum atomic E-state index is 0.344. The van der Waals surface area contributed by atoms with Gasteiger partial charge in [-0.2, -0.15) is 0 Å². The Bertz CT molecular complexity index is 1070. The molecule has 0 aliphatic heterocycles. The maximum Gasteiger partial charge on any atom is 0.120 e. The van der Waals surface area contributed by atoms with Crippen LogP contribution >= 0.6 is 11.3 Å². The molecular formula is C29H35NS. The van der Waals surface area contributed by atoms with Gasteiger partial charge in [-0.3, -0.25) is 0 Å². The Morgan fingerprint density at radius 2 is 1.97 bits per heavy atom. The predicted octanol–water partition coefficient (Wildman–Crippen LogP) is 8.72. The van der Waals surface area contributed by atoms with Gasteiger partial charge in [-0.25, -0.2) is 4.98 Å². The Balaban J connectivity index is 0.000000730. The largest absolute Gasteiger partial charge is 0.237 e. The first-order valence-electron chi connectivity index (χ1n) is 11.8. The highest BCUT2D eigenvalue weighted by atomic mass is 32.1. The van der Waals surface area contributed by atoms with Gasteiger partial charge in [0.25, 0.3) is 0 Å². The van der Waals surface area contributed by atoms with E-state index in [2.05, 4.69) is 83.0 Å². The number of hydrogen-bond donors (Lipinski definition) is 0. The second-order valence-corrected chi connectivity index (χ2v) is 10.1.